The second-order valence-corrected chi connectivity index (χ2v) is 4.54. The molecule has 2 aliphatic rings. The van der Waals surface area contributed by atoms with Crippen LogP contribution >= 0.6 is 0 Å². The summed E-state index contributed by atoms with van der Waals surface area (Å²) in [6.45, 7) is 0. The molecule has 6 nitrogen and oxygen atoms in total. The molecular weight excluding hydrogens is 272 g/mol. The fourth-order valence-electron chi connectivity index (χ4n) is 2.31. The maximum atomic E-state index is 12.5. The lowest BCUT2D eigenvalue weighted by molar-refractivity contribution is -0.118. The van der Waals surface area contributed by atoms with Crippen LogP contribution in [-0.2, 0) is 4.79 Å². The molecule has 6 heteroatoms. The van der Waals surface area contributed by atoms with Gasteiger partial charge in [-0.25, -0.2) is 14.5 Å². The van der Waals surface area contributed by atoms with Crippen molar-refractivity contribution in [1.82, 2.24) is 0 Å². The summed E-state index contributed by atoms with van der Waals surface area (Å²) in [4.78, 5) is 40.5. The van der Waals surface area contributed by atoms with Crippen molar-refractivity contribution in [1.29, 1.82) is 0 Å². The van der Waals surface area contributed by atoms with Crippen molar-refractivity contribution in [3.8, 4) is 0 Å². The molecule has 0 radical (unpaired) electrons. The fraction of sp³-hybridized carbons (Fsp3) is 0.0667. The molecule has 1 aromatic carbocycles. The van der Waals surface area contributed by atoms with Gasteiger partial charge in [0.25, 0.3) is 0 Å². The molecule has 1 aliphatic carbocycles. The number of benzene rings is 1. The van der Waals surface area contributed by atoms with Gasteiger partial charge in [0.15, 0.2) is 0 Å². The Bertz CT molecular complexity index is 746. The minimum absolute atomic E-state index is 0.0331. The lowest BCUT2D eigenvalue weighted by Gasteiger charge is -2.28. The van der Waals surface area contributed by atoms with E-state index in [2.05, 4.69) is 4.99 Å². The number of carbonyl (C=O) groups is 3. The first kappa shape index (κ1) is 13.0. The molecule has 1 unspecified atom stereocenters. The van der Waals surface area contributed by atoms with Gasteiger partial charge in [-0.05, 0) is 18.2 Å². The van der Waals surface area contributed by atoms with Gasteiger partial charge in [0.1, 0.15) is 0 Å². The number of carboxylic acids is 1. The molecule has 0 fully saturated rings. The van der Waals surface area contributed by atoms with Crippen LogP contribution in [0.15, 0.2) is 53.6 Å². The number of carbonyl (C=O) groups excluding carboxylic acids is 2. The highest BCUT2D eigenvalue weighted by atomic mass is 16.4. The number of aromatic carboxylic acids is 1. The zero-order valence-corrected chi connectivity index (χ0v) is 10.8. The minimum atomic E-state index is -1.21. The van der Waals surface area contributed by atoms with Crippen LogP contribution in [0.5, 0.6) is 0 Å². The lowest BCUT2D eigenvalue weighted by Crippen LogP contribution is -2.46. The highest BCUT2D eigenvalue weighted by molar-refractivity contribution is 6.31. The van der Waals surface area contributed by atoms with E-state index in [9.17, 15) is 19.5 Å². The topological polar surface area (TPSA) is 87.0 Å². The summed E-state index contributed by atoms with van der Waals surface area (Å²) in [6, 6.07) is 5.08. The number of aliphatic imine (C=N–C) groups is 1. The molecule has 1 atom stereocenters. The molecule has 0 spiro atoms. The van der Waals surface area contributed by atoms with Gasteiger partial charge in [0, 0.05) is 0 Å². The van der Waals surface area contributed by atoms with Crippen molar-refractivity contribution >= 4 is 29.3 Å². The summed E-state index contributed by atoms with van der Waals surface area (Å²) in [5.41, 5.74) is 0.287. The van der Waals surface area contributed by atoms with E-state index in [1.807, 2.05) is 0 Å². The molecule has 0 aromatic heterocycles. The smallest absolute Gasteiger partial charge is 0.355 e. The van der Waals surface area contributed by atoms with Gasteiger partial charge in [-0.3, -0.25) is 4.79 Å². The first-order valence-electron chi connectivity index (χ1n) is 6.23. The van der Waals surface area contributed by atoms with E-state index in [0.29, 0.717) is 5.71 Å². The van der Waals surface area contributed by atoms with Gasteiger partial charge in [0.05, 0.1) is 22.9 Å². The molecule has 1 N–H and O–H groups in total. The molecule has 1 aliphatic heterocycles. The summed E-state index contributed by atoms with van der Waals surface area (Å²) in [7, 11) is 0. The van der Waals surface area contributed by atoms with E-state index in [1.54, 1.807) is 30.4 Å². The van der Waals surface area contributed by atoms with E-state index in [4.69, 9.17) is 0 Å². The monoisotopic (exact) mass is 282 g/mol. The SMILES string of the molecule is O=C(O)c1ccccc1N1C(=O)N=C2C=CC=CC2C1=O. The maximum absolute atomic E-state index is 12.5. The lowest BCUT2D eigenvalue weighted by atomic mass is 9.95. The summed E-state index contributed by atoms with van der Waals surface area (Å²) < 4.78 is 0. The zero-order chi connectivity index (χ0) is 15.0. The van der Waals surface area contributed by atoms with E-state index in [0.717, 1.165) is 4.90 Å². The second kappa shape index (κ2) is 4.82. The number of carboxylic acid groups (broad SMARTS) is 1. The number of amides is 3. The predicted octanol–water partition coefficient (Wildman–Crippen LogP) is 2.03. The zero-order valence-electron chi connectivity index (χ0n) is 10.8. The molecular formula is C15H10N2O4. The van der Waals surface area contributed by atoms with Crippen LogP contribution in [0.3, 0.4) is 0 Å². The molecule has 0 saturated heterocycles. The molecule has 0 saturated carbocycles. The average molecular weight is 282 g/mol. The first-order valence-corrected chi connectivity index (χ1v) is 6.23. The van der Waals surface area contributed by atoms with Crippen molar-refractivity contribution in [2.45, 2.75) is 0 Å². The second-order valence-electron chi connectivity index (χ2n) is 4.54. The van der Waals surface area contributed by atoms with E-state index >= 15 is 0 Å². The van der Waals surface area contributed by atoms with E-state index < -0.39 is 23.8 Å². The largest absolute Gasteiger partial charge is 0.478 e. The van der Waals surface area contributed by atoms with Crippen LogP contribution in [0.25, 0.3) is 0 Å². The summed E-state index contributed by atoms with van der Waals surface area (Å²) in [6.07, 6.45) is 6.61. The Kier molecular flexibility index (Phi) is 2.98. The molecule has 1 aromatic rings. The quantitative estimate of drug-likeness (QED) is 0.899. The molecule has 3 amide bonds. The van der Waals surface area contributed by atoms with Crippen molar-refractivity contribution in [2.75, 3.05) is 4.90 Å². The fourth-order valence-corrected chi connectivity index (χ4v) is 2.31. The molecule has 21 heavy (non-hydrogen) atoms. The number of allylic oxidation sites excluding steroid dienone is 3. The number of rotatable bonds is 2. The van der Waals surface area contributed by atoms with Crippen molar-refractivity contribution in [2.24, 2.45) is 10.9 Å². The minimum Gasteiger partial charge on any atom is -0.478 e. The number of imide groups is 1. The third-order valence-corrected chi connectivity index (χ3v) is 3.28. The number of hydrogen-bond donors (Lipinski definition) is 1. The number of hydrogen-bond acceptors (Lipinski definition) is 3. The van der Waals surface area contributed by atoms with Gasteiger partial charge in [-0.1, -0.05) is 30.4 Å². The standard InChI is InChI=1S/C15H10N2O4/c18-13-9-5-1-3-7-11(9)16-15(21)17(13)12-8-4-2-6-10(12)14(19)20/h1-9H,(H,19,20). The summed E-state index contributed by atoms with van der Waals surface area (Å²) >= 11 is 0. The van der Waals surface area contributed by atoms with Gasteiger partial charge in [-0.15, -0.1) is 0 Å². The summed E-state index contributed by atoms with van der Waals surface area (Å²) in [5, 5.41) is 9.19. The number of urea groups is 1. The first-order chi connectivity index (χ1) is 10.1. The Morgan fingerprint density at radius 1 is 1.19 bits per heavy atom. The Balaban J connectivity index is 2.12. The van der Waals surface area contributed by atoms with E-state index in [1.165, 1.54) is 18.2 Å². The Labute approximate surface area is 119 Å². The molecule has 1 heterocycles. The third-order valence-electron chi connectivity index (χ3n) is 3.28. The average Bonchev–Trinajstić information content (AvgIpc) is 2.47. The molecule has 104 valence electrons. The van der Waals surface area contributed by atoms with Gasteiger partial charge in [-0.2, -0.15) is 4.99 Å². The number of nitrogens with zero attached hydrogens (tertiary/aromatic N) is 2. The maximum Gasteiger partial charge on any atom is 0.355 e. The Hall–Kier alpha value is -3.02. The highest BCUT2D eigenvalue weighted by Gasteiger charge is 2.38. The predicted molar refractivity (Wildman–Crippen MR) is 75.5 cm³/mol. The van der Waals surface area contributed by atoms with Gasteiger partial charge >= 0.3 is 12.0 Å². The van der Waals surface area contributed by atoms with Crippen LogP contribution in [-0.4, -0.2) is 28.7 Å². The van der Waals surface area contributed by atoms with Crippen molar-refractivity contribution in [3.05, 3.63) is 54.1 Å². The summed E-state index contributed by atoms with van der Waals surface area (Å²) in [5.74, 6) is -2.37. The molecule has 3 rings (SSSR count). The normalized spacial score (nSPS) is 20.3. The Morgan fingerprint density at radius 3 is 2.71 bits per heavy atom. The van der Waals surface area contributed by atoms with Gasteiger partial charge in [0.2, 0.25) is 5.91 Å². The van der Waals surface area contributed by atoms with Crippen molar-refractivity contribution in [3.63, 3.8) is 0 Å². The third kappa shape index (κ3) is 2.06. The van der Waals surface area contributed by atoms with Crippen LogP contribution < -0.4 is 4.90 Å². The van der Waals surface area contributed by atoms with Crippen molar-refractivity contribution < 1.29 is 19.5 Å². The van der Waals surface area contributed by atoms with Crippen LogP contribution in [0.1, 0.15) is 10.4 Å². The highest BCUT2D eigenvalue weighted by Crippen LogP contribution is 2.28. The number of fused-ring (bicyclic) bond motifs is 1. The van der Waals surface area contributed by atoms with Crippen LogP contribution in [0, 0.1) is 5.92 Å². The Morgan fingerprint density at radius 2 is 1.95 bits per heavy atom. The van der Waals surface area contributed by atoms with E-state index in [-0.39, 0.29) is 11.3 Å². The van der Waals surface area contributed by atoms with Crippen LogP contribution in [0.2, 0.25) is 0 Å². The molecule has 0 bridgehead atoms. The van der Waals surface area contributed by atoms with Crippen LogP contribution in [0.4, 0.5) is 10.5 Å². The van der Waals surface area contributed by atoms with Gasteiger partial charge < -0.3 is 5.11 Å². The number of anilines is 1. The number of para-hydroxylation sites is 1.